The van der Waals surface area contributed by atoms with E-state index >= 15 is 0 Å². The molecule has 0 aliphatic rings. The number of nitrogens with one attached hydrogen (secondary N) is 2. The van der Waals surface area contributed by atoms with Crippen molar-refractivity contribution in [2.45, 2.75) is 32.2 Å². The Kier molecular flexibility index (Phi) is 4.58. The Labute approximate surface area is 120 Å². The van der Waals surface area contributed by atoms with Crippen LogP contribution in [0.25, 0.3) is 0 Å². The van der Waals surface area contributed by atoms with E-state index in [1.54, 1.807) is 6.20 Å². The number of hydrazine groups is 1. The maximum Gasteiger partial charge on any atom is 0.141 e. The maximum atomic E-state index is 5.38. The number of anilines is 2. The molecule has 0 radical (unpaired) electrons. The minimum Gasteiger partial charge on any atom is -0.380 e. The van der Waals surface area contributed by atoms with Crippen LogP contribution < -0.4 is 16.6 Å². The number of nitrogens with zero attached hydrogens (tertiary/aromatic N) is 1. The molecule has 0 bridgehead atoms. The number of pyridine rings is 1. The van der Waals surface area contributed by atoms with Gasteiger partial charge in [-0.05, 0) is 38.3 Å². The summed E-state index contributed by atoms with van der Waals surface area (Å²) in [6, 6.07) is 14.4. The topological polar surface area (TPSA) is 63.0 Å². The number of nitrogens with two attached hydrogens (primary N) is 1. The van der Waals surface area contributed by atoms with E-state index in [2.05, 4.69) is 53.8 Å². The monoisotopic (exact) mass is 270 g/mol. The highest BCUT2D eigenvalue weighted by atomic mass is 15.2. The Morgan fingerprint density at radius 3 is 2.60 bits per heavy atom. The molecule has 1 heterocycles. The second kappa shape index (κ2) is 6.39. The van der Waals surface area contributed by atoms with Crippen molar-refractivity contribution in [2.24, 2.45) is 5.84 Å². The number of hydrogen-bond acceptors (Lipinski definition) is 4. The lowest BCUT2D eigenvalue weighted by Crippen LogP contribution is -2.31. The van der Waals surface area contributed by atoms with E-state index in [-0.39, 0.29) is 5.54 Å². The zero-order valence-corrected chi connectivity index (χ0v) is 12.1. The molecule has 20 heavy (non-hydrogen) atoms. The van der Waals surface area contributed by atoms with Gasteiger partial charge in [-0.25, -0.2) is 10.8 Å². The smallest absolute Gasteiger partial charge is 0.141 e. The minimum absolute atomic E-state index is 0.00304. The summed E-state index contributed by atoms with van der Waals surface area (Å²) in [6.45, 7) is 4.40. The van der Waals surface area contributed by atoms with Gasteiger partial charge in [0.15, 0.2) is 0 Å². The highest BCUT2D eigenvalue weighted by Gasteiger charge is 2.17. The fourth-order valence-electron chi connectivity index (χ4n) is 2.14. The summed E-state index contributed by atoms with van der Waals surface area (Å²) in [6.07, 6.45) is 3.84. The zero-order chi connectivity index (χ0) is 14.4. The molecular formula is C16H22N4. The largest absolute Gasteiger partial charge is 0.380 e. The fourth-order valence-corrected chi connectivity index (χ4v) is 2.14. The molecule has 0 amide bonds. The summed E-state index contributed by atoms with van der Waals surface area (Å²) in [5.41, 5.74) is 4.94. The molecule has 0 fully saturated rings. The van der Waals surface area contributed by atoms with E-state index in [9.17, 15) is 0 Å². The SMILES string of the molecule is CC(C)(CCc1ccccc1)Nc1ccnc(NN)c1. The van der Waals surface area contributed by atoms with Gasteiger partial charge in [0.1, 0.15) is 5.82 Å². The van der Waals surface area contributed by atoms with Crippen LogP contribution in [0.5, 0.6) is 0 Å². The lowest BCUT2D eigenvalue weighted by molar-refractivity contribution is 0.518. The second-order valence-corrected chi connectivity index (χ2v) is 5.57. The summed E-state index contributed by atoms with van der Waals surface area (Å²) in [5, 5.41) is 3.53. The van der Waals surface area contributed by atoms with Gasteiger partial charge in [0.25, 0.3) is 0 Å². The number of rotatable bonds is 6. The molecule has 2 rings (SSSR count). The van der Waals surface area contributed by atoms with Crippen molar-refractivity contribution in [3.8, 4) is 0 Å². The molecular weight excluding hydrogens is 248 g/mol. The fraction of sp³-hybridized carbons (Fsp3) is 0.312. The zero-order valence-electron chi connectivity index (χ0n) is 12.1. The molecule has 2 aromatic rings. The van der Waals surface area contributed by atoms with Gasteiger partial charge in [-0.1, -0.05) is 30.3 Å². The van der Waals surface area contributed by atoms with Gasteiger partial charge in [0.05, 0.1) is 0 Å². The Hall–Kier alpha value is -2.07. The van der Waals surface area contributed by atoms with Crippen molar-refractivity contribution in [3.05, 3.63) is 54.2 Å². The lowest BCUT2D eigenvalue weighted by Gasteiger charge is -2.28. The summed E-state index contributed by atoms with van der Waals surface area (Å²) in [5.74, 6) is 6.04. The molecule has 106 valence electrons. The molecule has 1 aromatic carbocycles. The Morgan fingerprint density at radius 1 is 1.15 bits per heavy atom. The minimum atomic E-state index is 0.00304. The van der Waals surface area contributed by atoms with Gasteiger partial charge in [-0.2, -0.15) is 0 Å². The molecule has 0 atom stereocenters. The van der Waals surface area contributed by atoms with Crippen LogP contribution in [-0.2, 0) is 6.42 Å². The summed E-state index contributed by atoms with van der Waals surface area (Å²) in [4.78, 5) is 4.11. The Bertz CT molecular complexity index is 537. The highest BCUT2D eigenvalue weighted by molar-refractivity contribution is 5.52. The van der Waals surface area contributed by atoms with E-state index in [0.717, 1.165) is 18.5 Å². The maximum absolute atomic E-state index is 5.38. The van der Waals surface area contributed by atoms with Crippen LogP contribution in [-0.4, -0.2) is 10.5 Å². The molecule has 0 spiro atoms. The van der Waals surface area contributed by atoms with E-state index in [4.69, 9.17) is 5.84 Å². The van der Waals surface area contributed by atoms with Crippen LogP contribution in [0, 0.1) is 0 Å². The Balaban J connectivity index is 1.96. The first kappa shape index (κ1) is 14.3. The molecule has 0 saturated carbocycles. The van der Waals surface area contributed by atoms with Gasteiger partial charge in [-0.15, -0.1) is 0 Å². The molecule has 0 unspecified atom stereocenters. The van der Waals surface area contributed by atoms with Gasteiger partial charge < -0.3 is 10.7 Å². The normalized spacial score (nSPS) is 11.2. The summed E-state index contributed by atoms with van der Waals surface area (Å²) in [7, 11) is 0. The van der Waals surface area contributed by atoms with Crippen molar-refractivity contribution in [2.75, 3.05) is 10.7 Å². The standard InChI is InChI=1S/C16H22N4/c1-16(2,10-8-13-6-4-3-5-7-13)19-14-9-11-18-15(12-14)20-17/h3-7,9,11-12H,8,10,17H2,1-2H3,(H2,18,19,20). The predicted octanol–water partition coefficient (Wildman–Crippen LogP) is 3.19. The van der Waals surface area contributed by atoms with Crippen molar-refractivity contribution < 1.29 is 0 Å². The quantitative estimate of drug-likeness (QED) is 0.557. The van der Waals surface area contributed by atoms with Crippen molar-refractivity contribution in [1.29, 1.82) is 0 Å². The van der Waals surface area contributed by atoms with Gasteiger partial charge in [0, 0.05) is 23.5 Å². The second-order valence-electron chi connectivity index (χ2n) is 5.57. The van der Waals surface area contributed by atoms with Crippen molar-refractivity contribution in [3.63, 3.8) is 0 Å². The average molecular weight is 270 g/mol. The van der Waals surface area contributed by atoms with E-state index in [1.165, 1.54) is 5.56 Å². The van der Waals surface area contributed by atoms with Crippen LogP contribution in [0.15, 0.2) is 48.7 Å². The van der Waals surface area contributed by atoms with Gasteiger partial charge >= 0.3 is 0 Å². The highest BCUT2D eigenvalue weighted by Crippen LogP contribution is 2.21. The molecule has 0 aliphatic heterocycles. The molecule has 4 heteroatoms. The number of benzene rings is 1. The third-order valence-corrected chi connectivity index (χ3v) is 3.27. The molecule has 0 aliphatic carbocycles. The van der Waals surface area contributed by atoms with E-state index < -0.39 is 0 Å². The predicted molar refractivity (Wildman–Crippen MR) is 84.5 cm³/mol. The average Bonchev–Trinajstić information content (AvgIpc) is 2.46. The van der Waals surface area contributed by atoms with Gasteiger partial charge in [0.2, 0.25) is 0 Å². The summed E-state index contributed by atoms with van der Waals surface area (Å²) >= 11 is 0. The molecule has 4 nitrogen and oxygen atoms in total. The van der Waals surface area contributed by atoms with Gasteiger partial charge in [-0.3, -0.25) is 0 Å². The van der Waals surface area contributed by atoms with Crippen LogP contribution in [0.4, 0.5) is 11.5 Å². The number of aryl methyl sites for hydroxylation is 1. The first-order chi connectivity index (χ1) is 9.59. The van der Waals surface area contributed by atoms with E-state index in [0.29, 0.717) is 5.82 Å². The van der Waals surface area contributed by atoms with Crippen LogP contribution in [0.2, 0.25) is 0 Å². The first-order valence-electron chi connectivity index (χ1n) is 6.84. The van der Waals surface area contributed by atoms with Crippen molar-refractivity contribution in [1.82, 2.24) is 4.98 Å². The molecule has 1 aromatic heterocycles. The summed E-state index contributed by atoms with van der Waals surface area (Å²) < 4.78 is 0. The molecule has 0 saturated heterocycles. The third-order valence-electron chi connectivity index (χ3n) is 3.27. The first-order valence-corrected chi connectivity index (χ1v) is 6.84. The Morgan fingerprint density at radius 2 is 1.90 bits per heavy atom. The van der Waals surface area contributed by atoms with Crippen LogP contribution >= 0.6 is 0 Å². The van der Waals surface area contributed by atoms with E-state index in [1.807, 2.05) is 18.2 Å². The number of aromatic nitrogens is 1. The number of nitrogen functional groups attached to an aromatic ring is 1. The molecule has 4 N–H and O–H groups in total. The third kappa shape index (κ3) is 4.24. The van der Waals surface area contributed by atoms with Crippen LogP contribution in [0.1, 0.15) is 25.8 Å². The number of hydrogen-bond donors (Lipinski definition) is 3. The van der Waals surface area contributed by atoms with Crippen molar-refractivity contribution >= 4 is 11.5 Å². The van der Waals surface area contributed by atoms with Crippen LogP contribution in [0.3, 0.4) is 0 Å². The lowest BCUT2D eigenvalue weighted by atomic mass is 9.95.